The van der Waals surface area contributed by atoms with Crippen molar-refractivity contribution < 1.29 is 27.6 Å². The summed E-state index contributed by atoms with van der Waals surface area (Å²) >= 11 is 0. The first kappa shape index (κ1) is 18.6. The van der Waals surface area contributed by atoms with Crippen LogP contribution in [0.3, 0.4) is 0 Å². The van der Waals surface area contributed by atoms with Crippen LogP contribution >= 0.6 is 0 Å². The molecule has 3 aromatic rings. The summed E-state index contributed by atoms with van der Waals surface area (Å²) in [5, 5.41) is 10.3. The van der Waals surface area contributed by atoms with Crippen molar-refractivity contribution in [3.63, 3.8) is 0 Å². The van der Waals surface area contributed by atoms with E-state index in [2.05, 4.69) is 0 Å². The van der Waals surface area contributed by atoms with Crippen molar-refractivity contribution in [3.05, 3.63) is 64.0 Å². The van der Waals surface area contributed by atoms with Crippen molar-refractivity contribution in [2.75, 3.05) is 13.1 Å². The van der Waals surface area contributed by atoms with Crippen molar-refractivity contribution >= 4 is 11.0 Å². The molecular weight excluding hydrogens is 371 g/mol. The van der Waals surface area contributed by atoms with E-state index in [0.29, 0.717) is 6.54 Å². The number of nitrogens with one attached hydrogen (secondary N) is 1. The summed E-state index contributed by atoms with van der Waals surface area (Å²) in [7, 11) is 0. The summed E-state index contributed by atoms with van der Waals surface area (Å²) in [6.07, 6.45) is -2.80. The van der Waals surface area contributed by atoms with E-state index < -0.39 is 22.9 Å². The van der Waals surface area contributed by atoms with Crippen molar-refractivity contribution in [2.24, 2.45) is 0 Å². The highest BCUT2D eigenvalue weighted by atomic mass is 19.4. The van der Waals surface area contributed by atoms with Gasteiger partial charge in [-0.05, 0) is 17.7 Å². The third kappa shape index (κ3) is 3.26. The molecule has 0 amide bonds. The van der Waals surface area contributed by atoms with Crippen LogP contribution in [-0.2, 0) is 12.7 Å². The minimum atomic E-state index is -4.85. The number of halogens is 3. The number of likely N-dealkylation sites (tertiary alicyclic amines) is 1. The Morgan fingerprint density at radius 3 is 2.36 bits per heavy atom. The van der Waals surface area contributed by atoms with E-state index in [1.165, 1.54) is 24.3 Å². The van der Waals surface area contributed by atoms with Gasteiger partial charge in [-0.3, -0.25) is 4.79 Å². The fourth-order valence-electron chi connectivity index (χ4n) is 3.84. The molecular formula is C21H19F3NO3+. The van der Waals surface area contributed by atoms with Crippen LogP contribution in [0.4, 0.5) is 13.2 Å². The Kier molecular flexibility index (Phi) is 4.63. The number of benzene rings is 2. The topological polar surface area (TPSA) is 54.9 Å². The maximum Gasteiger partial charge on any atom is 0.450 e. The van der Waals surface area contributed by atoms with Crippen LogP contribution < -0.4 is 10.3 Å². The SMILES string of the molecule is O=c1c(-c2ccccc2)c(C(F)(F)F)oc2c(C[NH+]3CCCC3)c(O)ccc12. The number of aromatic hydroxyl groups is 1. The van der Waals surface area contributed by atoms with Crippen LogP contribution in [-0.4, -0.2) is 18.2 Å². The zero-order valence-electron chi connectivity index (χ0n) is 15.0. The lowest BCUT2D eigenvalue weighted by molar-refractivity contribution is -0.901. The van der Waals surface area contributed by atoms with E-state index in [4.69, 9.17) is 4.42 Å². The Hall–Kier alpha value is -2.80. The van der Waals surface area contributed by atoms with Crippen molar-refractivity contribution in [1.82, 2.24) is 0 Å². The van der Waals surface area contributed by atoms with Crippen LogP contribution in [0.2, 0.25) is 0 Å². The molecule has 2 N–H and O–H groups in total. The van der Waals surface area contributed by atoms with Crippen LogP contribution in [0.5, 0.6) is 5.75 Å². The van der Waals surface area contributed by atoms with Crippen LogP contribution in [0.25, 0.3) is 22.1 Å². The predicted octanol–water partition coefficient (Wildman–Crippen LogP) is 3.36. The Bertz CT molecular complexity index is 1070. The number of phenols is 1. The molecule has 7 heteroatoms. The summed E-state index contributed by atoms with van der Waals surface area (Å²) in [4.78, 5) is 14.2. The molecule has 1 aliphatic rings. The minimum absolute atomic E-state index is 0.0400. The van der Waals surface area contributed by atoms with Gasteiger partial charge >= 0.3 is 6.18 Å². The number of phenolic OH excluding ortho intramolecular Hbond substituents is 1. The zero-order chi connectivity index (χ0) is 19.9. The molecule has 1 aliphatic heterocycles. The summed E-state index contributed by atoms with van der Waals surface area (Å²) in [5.74, 6) is -1.49. The van der Waals surface area contributed by atoms with Crippen LogP contribution in [0.1, 0.15) is 24.2 Å². The first-order valence-electron chi connectivity index (χ1n) is 9.14. The normalized spacial score (nSPS) is 15.4. The van der Waals surface area contributed by atoms with E-state index in [9.17, 15) is 23.1 Å². The third-order valence-electron chi connectivity index (χ3n) is 5.20. The first-order chi connectivity index (χ1) is 13.4. The number of hydrogen-bond donors (Lipinski definition) is 2. The van der Waals surface area contributed by atoms with Gasteiger partial charge in [-0.2, -0.15) is 13.2 Å². The van der Waals surface area contributed by atoms with Crippen molar-refractivity contribution in [2.45, 2.75) is 25.6 Å². The van der Waals surface area contributed by atoms with Crippen LogP contribution in [0, 0.1) is 0 Å². The maximum atomic E-state index is 13.8. The molecule has 4 nitrogen and oxygen atoms in total. The Balaban J connectivity index is 2.01. The summed E-state index contributed by atoms with van der Waals surface area (Å²) in [5.41, 5.74) is -1.05. The summed E-state index contributed by atoms with van der Waals surface area (Å²) in [6.45, 7) is 2.05. The smallest absolute Gasteiger partial charge is 0.450 e. The molecule has 2 aromatic carbocycles. The number of quaternary nitrogens is 1. The van der Waals surface area contributed by atoms with E-state index in [1.54, 1.807) is 18.2 Å². The maximum absolute atomic E-state index is 13.8. The quantitative estimate of drug-likeness (QED) is 0.721. The largest absolute Gasteiger partial charge is 0.507 e. The molecule has 0 aliphatic carbocycles. The second-order valence-electron chi connectivity index (χ2n) is 7.07. The summed E-state index contributed by atoms with van der Waals surface area (Å²) in [6, 6.07) is 10.4. The van der Waals surface area contributed by atoms with Crippen molar-refractivity contribution in [3.8, 4) is 16.9 Å². The van der Waals surface area contributed by atoms with Gasteiger partial charge in [0.2, 0.25) is 11.2 Å². The third-order valence-corrected chi connectivity index (χ3v) is 5.20. The predicted molar refractivity (Wildman–Crippen MR) is 98.2 cm³/mol. The summed E-state index contributed by atoms with van der Waals surface area (Å²) < 4.78 is 46.7. The van der Waals surface area contributed by atoms with Gasteiger partial charge in [-0.25, -0.2) is 0 Å². The van der Waals surface area contributed by atoms with E-state index in [1.807, 2.05) is 0 Å². The lowest BCUT2D eigenvalue weighted by Gasteiger charge is -2.17. The van der Waals surface area contributed by atoms with E-state index >= 15 is 0 Å². The molecule has 1 saturated heterocycles. The monoisotopic (exact) mass is 390 g/mol. The van der Waals surface area contributed by atoms with Gasteiger partial charge in [0.1, 0.15) is 12.3 Å². The first-order valence-corrected chi connectivity index (χ1v) is 9.14. The van der Waals surface area contributed by atoms with Gasteiger partial charge in [0.15, 0.2) is 5.58 Å². The van der Waals surface area contributed by atoms with Gasteiger partial charge in [0.05, 0.1) is 29.6 Å². The van der Waals surface area contributed by atoms with Gasteiger partial charge in [-0.1, -0.05) is 30.3 Å². The Morgan fingerprint density at radius 1 is 1.04 bits per heavy atom. The zero-order valence-corrected chi connectivity index (χ0v) is 15.0. The lowest BCUT2D eigenvalue weighted by atomic mass is 10.00. The second kappa shape index (κ2) is 6.98. The Labute approximate surface area is 158 Å². The molecule has 2 heterocycles. The highest BCUT2D eigenvalue weighted by Crippen LogP contribution is 2.38. The van der Waals surface area contributed by atoms with Gasteiger partial charge < -0.3 is 14.4 Å². The van der Waals surface area contributed by atoms with E-state index in [0.717, 1.165) is 30.8 Å². The molecule has 28 heavy (non-hydrogen) atoms. The van der Waals surface area contributed by atoms with Gasteiger partial charge in [0.25, 0.3) is 0 Å². The number of alkyl halides is 3. The average Bonchev–Trinajstić information content (AvgIpc) is 3.17. The molecule has 146 valence electrons. The molecule has 1 aromatic heterocycles. The highest BCUT2D eigenvalue weighted by Gasteiger charge is 2.40. The fourth-order valence-corrected chi connectivity index (χ4v) is 3.84. The van der Waals surface area contributed by atoms with E-state index in [-0.39, 0.29) is 27.8 Å². The van der Waals surface area contributed by atoms with Gasteiger partial charge in [-0.15, -0.1) is 0 Å². The molecule has 0 spiro atoms. The molecule has 0 radical (unpaired) electrons. The molecule has 0 saturated carbocycles. The standard InChI is InChI=1S/C21H18F3NO3/c22-21(23,24)20-17(13-6-2-1-3-7-13)18(27)14-8-9-16(26)15(19(14)28-20)12-25-10-4-5-11-25/h1-3,6-9,26H,4-5,10-12H2/p+1. The number of fused-ring (bicyclic) bond motifs is 1. The molecule has 0 atom stereocenters. The fraction of sp³-hybridized carbons (Fsp3) is 0.286. The Morgan fingerprint density at radius 2 is 1.71 bits per heavy atom. The number of rotatable bonds is 3. The van der Waals surface area contributed by atoms with Crippen LogP contribution in [0.15, 0.2) is 51.7 Å². The molecule has 1 fully saturated rings. The lowest BCUT2D eigenvalue weighted by Crippen LogP contribution is -3.08. The molecule has 4 rings (SSSR count). The average molecular weight is 390 g/mol. The number of hydrogen-bond acceptors (Lipinski definition) is 3. The highest BCUT2D eigenvalue weighted by molar-refractivity contribution is 5.86. The second-order valence-corrected chi connectivity index (χ2v) is 7.07. The van der Waals surface area contributed by atoms with Crippen molar-refractivity contribution in [1.29, 1.82) is 0 Å². The van der Waals surface area contributed by atoms with Gasteiger partial charge in [0, 0.05) is 12.8 Å². The molecule has 0 bridgehead atoms. The minimum Gasteiger partial charge on any atom is -0.507 e. The molecule has 0 unspecified atom stereocenters.